The Balaban J connectivity index is 2.71. The Hall–Kier alpha value is -1.17. The van der Waals surface area contributed by atoms with Crippen molar-refractivity contribution in [3.63, 3.8) is 0 Å². The number of nitrogens with one attached hydrogen (secondary N) is 1. The number of hydrogen-bond acceptors (Lipinski definition) is 3. The van der Waals surface area contributed by atoms with Crippen LogP contribution in [-0.2, 0) is 11.3 Å². The predicted molar refractivity (Wildman–Crippen MR) is 68.9 cm³/mol. The number of carbonyl (C=O) groups excluding carboxylic acids is 1. The van der Waals surface area contributed by atoms with Gasteiger partial charge in [-0.05, 0) is 29.3 Å². The summed E-state index contributed by atoms with van der Waals surface area (Å²) in [4.78, 5) is 27.4. The van der Waals surface area contributed by atoms with Gasteiger partial charge in [0.25, 0.3) is 5.56 Å². The van der Waals surface area contributed by atoms with Crippen molar-refractivity contribution in [1.29, 1.82) is 0 Å². The SMILES string of the molecule is CCCCNC(=O)Cn1c(C)ncc(Br)c1=O. The van der Waals surface area contributed by atoms with Crippen LogP contribution < -0.4 is 10.9 Å². The van der Waals surface area contributed by atoms with Gasteiger partial charge in [-0.1, -0.05) is 13.3 Å². The average Bonchev–Trinajstić information content (AvgIpc) is 2.30. The molecule has 1 aromatic rings. The van der Waals surface area contributed by atoms with E-state index in [1.54, 1.807) is 6.92 Å². The van der Waals surface area contributed by atoms with Crippen molar-refractivity contribution in [2.75, 3.05) is 6.54 Å². The molecule has 0 aromatic carbocycles. The van der Waals surface area contributed by atoms with Gasteiger partial charge in [-0.3, -0.25) is 14.2 Å². The number of amides is 1. The standard InChI is InChI=1S/C11H16BrN3O2/c1-3-4-5-13-10(16)7-15-8(2)14-6-9(12)11(15)17/h6H,3-5,7H2,1-2H3,(H,13,16). The molecule has 0 atom stereocenters. The van der Waals surface area contributed by atoms with E-state index in [1.807, 2.05) is 0 Å². The molecule has 17 heavy (non-hydrogen) atoms. The molecule has 0 bridgehead atoms. The van der Waals surface area contributed by atoms with Crippen molar-refractivity contribution in [1.82, 2.24) is 14.9 Å². The van der Waals surface area contributed by atoms with Crippen LogP contribution in [0.3, 0.4) is 0 Å². The van der Waals surface area contributed by atoms with E-state index in [0.717, 1.165) is 12.8 Å². The monoisotopic (exact) mass is 301 g/mol. The van der Waals surface area contributed by atoms with Gasteiger partial charge in [-0.25, -0.2) is 4.98 Å². The largest absolute Gasteiger partial charge is 0.355 e. The molecule has 1 N–H and O–H groups in total. The van der Waals surface area contributed by atoms with Crippen LogP contribution >= 0.6 is 15.9 Å². The van der Waals surface area contributed by atoms with Crippen LogP contribution in [0.1, 0.15) is 25.6 Å². The molecule has 94 valence electrons. The highest BCUT2D eigenvalue weighted by atomic mass is 79.9. The molecular formula is C11H16BrN3O2. The second-order valence-corrected chi connectivity index (χ2v) is 4.60. The highest BCUT2D eigenvalue weighted by Gasteiger charge is 2.09. The minimum absolute atomic E-state index is 0.0147. The topological polar surface area (TPSA) is 64.0 Å². The van der Waals surface area contributed by atoms with Gasteiger partial charge >= 0.3 is 0 Å². The Labute approximate surface area is 108 Å². The maximum Gasteiger partial charge on any atom is 0.268 e. The van der Waals surface area contributed by atoms with E-state index >= 15 is 0 Å². The van der Waals surface area contributed by atoms with Gasteiger partial charge in [0.15, 0.2) is 0 Å². The van der Waals surface area contributed by atoms with Crippen LogP contribution in [0.4, 0.5) is 0 Å². The van der Waals surface area contributed by atoms with E-state index in [2.05, 4.69) is 33.2 Å². The zero-order valence-corrected chi connectivity index (χ0v) is 11.6. The van der Waals surface area contributed by atoms with Crippen LogP contribution in [-0.4, -0.2) is 22.0 Å². The van der Waals surface area contributed by atoms with Crippen molar-refractivity contribution in [2.24, 2.45) is 0 Å². The van der Waals surface area contributed by atoms with Crippen molar-refractivity contribution in [3.05, 3.63) is 26.8 Å². The number of halogens is 1. The normalized spacial score (nSPS) is 10.3. The molecule has 6 heteroatoms. The first kappa shape index (κ1) is 13.9. The number of unbranched alkanes of at least 4 members (excludes halogenated alkanes) is 1. The highest BCUT2D eigenvalue weighted by Crippen LogP contribution is 2.01. The summed E-state index contributed by atoms with van der Waals surface area (Å²) in [6, 6.07) is 0. The molecule has 0 aliphatic rings. The van der Waals surface area contributed by atoms with Gasteiger partial charge in [0, 0.05) is 12.7 Å². The van der Waals surface area contributed by atoms with Gasteiger partial charge in [-0.2, -0.15) is 0 Å². The lowest BCUT2D eigenvalue weighted by atomic mass is 10.3. The number of aromatic nitrogens is 2. The Kier molecular flexibility index (Phi) is 5.34. The lowest BCUT2D eigenvalue weighted by Gasteiger charge is -2.09. The lowest BCUT2D eigenvalue weighted by Crippen LogP contribution is -2.34. The summed E-state index contributed by atoms with van der Waals surface area (Å²) < 4.78 is 1.72. The van der Waals surface area contributed by atoms with E-state index in [9.17, 15) is 9.59 Å². The Morgan fingerprint density at radius 3 is 2.94 bits per heavy atom. The van der Waals surface area contributed by atoms with E-state index in [1.165, 1.54) is 10.8 Å². The summed E-state index contributed by atoms with van der Waals surface area (Å²) in [5.74, 6) is 0.368. The Morgan fingerprint density at radius 2 is 2.29 bits per heavy atom. The van der Waals surface area contributed by atoms with Crippen LogP contribution in [0.15, 0.2) is 15.5 Å². The first-order chi connectivity index (χ1) is 8.06. The minimum atomic E-state index is -0.233. The summed E-state index contributed by atoms with van der Waals surface area (Å²) in [7, 11) is 0. The smallest absolute Gasteiger partial charge is 0.268 e. The zero-order valence-electron chi connectivity index (χ0n) is 9.99. The zero-order chi connectivity index (χ0) is 12.8. The molecule has 5 nitrogen and oxygen atoms in total. The highest BCUT2D eigenvalue weighted by molar-refractivity contribution is 9.10. The Morgan fingerprint density at radius 1 is 1.59 bits per heavy atom. The Bertz CT molecular complexity index is 457. The quantitative estimate of drug-likeness (QED) is 0.832. The summed E-state index contributed by atoms with van der Waals surface area (Å²) in [5.41, 5.74) is -0.233. The van der Waals surface area contributed by atoms with Crippen LogP contribution in [0.25, 0.3) is 0 Å². The van der Waals surface area contributed by atoms with E-state index in [4.69, 9.17) is 0 Å². The molecule has 0 fully saturated rings. The molecule has 0 aliphatic heterocycles. The average molecular weight is 302 g/mol. The molecule has 1 heterocycles. The molecule has 1 aromatic heterocycles. The maximum atomic E-state index is 11.8. The van der Waals surface area contributed by atoms with E-state index in [0.29, 0.717) is 16.8 Å². The van der Waals surface area contributed by atoms with Crippen LogP contribution in [0.5, 0.6) is 0 Å². The molecular weight excluding hydrogens is 286 g/mol. The number of hydrogen-bond donors (Lipinski definition) is 1. The third kappa shape index (κ3) is 3.96. The number of nitrogens with zero attached hydrogens (tertiary/aromatic N) is 2. The van der Waals surface area contributed by atoms with Gasteiger partial charge in [-0.15, -0.1) is 0 Å². The fraction of sp³-hybridized carbons (Fsp3) is 0.545. The van der Waals surface area contributed by atoms with Crippen molar-refractivity contribution >= 4 is 21.8 Å². The predicted octanol–water partition coefficient (Wildman–Crippen LogP) is 1.23. The molecule has 1 amide bonds. The fourth-order valence-corrected chi connectivity index (χ4v) is 1.66. The summed E-state index contributed by atoms with van der Waals surface area (Å²) >= 11 is 3.11. The van der Waals surface area contributed by atoms with E-state index < -0.39 is 0 Å². The second kappa shape index (κ2) is 6.54. The second-order valence-electron chi connectivity index (χ2n) is 3.75. The molecule has 0 unspecified atom stereocenters. The van der Waals surface area contributed by atoms with E-state index in [-0.39, 0.29) is 18.0 Å². The third-order valence-electron chi connectivity index (χ3n) is 2.36. The molecule has 0 spiro atoms. The summed E-state index contributed by atoms with van der Waals surface area (Å²) in [6.45, 7) is 4.41. The van der Waals surface area contributed by atoms with Crippen LogP contribution in [0, 0.1) is 6.92 Å². The number of carbonyl (C=O) groups is 1. The first-order valence-electron chi connectivity index (χ1n) is 5.55. The van der Waals surface area contributed by atoms with Gasteiger partial charge < -0.3 is 5.32 Å². The summed E-state index contributed by atoms with van der Waals surface area (Å²) in [6.07, 6.45) is 3.41. The van der Waals surface area contributed by atoms with Crippen molar-refractivity contribution < 1.29 is 4.79 Å². The van der Waals surface area contributed by atoms with Crippen molar-refractivity contribution in [2.45, 2.75) is 33.2 Å². The van der Waals surface area contributed by atoms with Gasteiger partial charge in [0.05, 0.1) is 0 Å². The molecule has 0 radical (unpaired) electrons. The maximum absolute atomic E-state index is 11.8. The van der Waals surface area contributed by atoms with Crippen molar-refractivity contribution in [3.8, 4) is 0 Å². The molecule has 0 saturated heterocycles. The minimum Gasteiger partial charge on any atom is -0.355 e. The van der Waals surface area contributed by atoms with Gasteiger partial charge in [0.2, 0.25) is 5.91 Å². The van der Waals surface area contributed by atoms with Crippen LogP contribution in [0.2, 0.25) is 0 Å². The number of aryl methyl sites for hydroxylation is 1. The van der Waals surface area contributed by atoms with Gasteiger partial charge in [0.1, 0.15) is 16.8 Å². The fourth-order valence-electron chi connectivity index (χ4n) is 1.34. The molecule has 0 saturated carbocycles. The molecule has 1 rings (SSSR count). The lowest BCUT2D eigenvalue weighted by molar-refractivity contribution is -0.121. The third-order valence-corrected chi connectivity index (χ3v) is 2.90. The summed E-state index contributed by atoms with van der Waals surface area (Å²) in [5, 5.41) is 2.76. The number of rotatable bonds is 5. The first-order valence-corrected chi connectivity index (χ1v) is 6.34. The molecule has 0 aliphatic carbocycles.